The van der Waals surface area contributed by atoms with Crippen molar-refractivity contribution in [2.45, 2.75) is 32.5 Å². The van der Waals surface area contributed by atoms with Crippen LogP contribution in [0.5, 0.6) is 5.75 Å². The number of halogens is 1. The zero-order chi connectivity index (χ0) is 21.4. The lowest BCUT2D eigenvalue weighted by atomic mass is 10.0. The maximum Gasteiger partial charge on any atom is 0.261 e. The van der Waals surface area contributed by atoms with Crippen LogP contribution in [0.2, 0.25) is 0 Å². The van der Waals surface area contributed by atoms with E-state index in [0.29, 0.717) is 25.2 Å². The van der Waals surface area contributed by atoms with Crippen LogP contribution in [0.3, 0.4) is 0 Å². The molecular formula is C19H25FN2O5S. The first-order chi connectivity index (χ1) is 12.9. The number of amides is 1. The van der Waals surface area contributed by atoms with Crippen LogP contribution in [0.15, 0.2) is 48.5 Å². The highest BCUT2D eigenvalue weighted by Crippen LogP contribution is 2.15. The van der Waals surface area contributed by atoms with Gasteiger partial charge in [0.25, 0.3) is 10.1 Å². The Hall–Kier alpha value is -2.49. The fraction of sp³-hybridized carbons (Fsp3) is 0.316. The summed E-state index contributed by atoms with van der Waals surface area (Å²) in [5.74, 6) is 0.0318. The molecule has 28 heavy (non-hydrogen) atoms. The molecule has 4 N–H and O–H groups in total. The molecule has 1 amide bonds. The molecule has 2 aromatic rings. The zero-order valence-corrected chi connectivity index (χ0v) is 16.8. The smallest absolute Gasteiger partial charge is 0.261 e. The minimum atomic E-state index is -3.67. The maximum atomic E-state index is 13.1. The fourth-order valence-electron chi connectivity index (χ4n) is 1.91. The minimum Gasteiger partial charge on any atom is -0.489 e. The van der Waals surface area contributed by atoms with Gasteiger partial charge in [0, 0.05) is 6.54 Å². The van der Waals surface area contributed by atoms with E-state index >= 15 is 0 Å². The highest BCUT2D eigenvalue weighted by molar-refractivity contribution is 7.85. The summed E-state index contributed by atoms with van der Waals surface area (Å²) in [5.41, 5.74) is 6.35. The number of benzene rings is 2. The molecule has 0 spiro atoms. The topological polar surface area (TPSA) is 119 Å². The number of hydrogen-bond donors (Lipinski definition) is 3. The number of carbonyl (C=O) groups is 1. The summed E-state index contributed by atoms with van der Waals surface area (Å²) in [6.45, 7) is 4.32. The highest BCUT2D eigenvalue weighted by Gasteiger charge is 2.23. The summed E-state index contributed by atoms with van der Waals surface area (Å²) < 4.78 is 44.6. The normalized spacial score (nSPS) is 11.3. The number of carbonyl (C=O) groups excluding carboxylic acids is 1. The molecule has 0 aliphatic heterocycles. The van der Waals surface area contributed by atoms with Crippen molar-refractivity contribution in [1.29, 1.82) is 0 Å². The van der Waals surface area contributed by atoms with Gasteiger partial charge in [-0.25, -0.2) is 4.39 Å². The molecule has 0 saturated carbocycles. The monoisotopic (exact) mass is 412 g/mol. The van der Waals surface area contributed by atoms with Gasteiger partial charge in [-0.2, -0.15) is 8.42 Å². The molecule has 0 heterocycles. The summed E-state index contributed by atoms with van der Waals surface area (Å²) >= 11 is 0. The Morgan fingerprint density at radius 1 is 1.18 bits per heavy atom. The summed E-state index contributed by atoms with van der Waals surface area (Å²) in [7, 11) is -3.67. The van der Waals surface area contributed by atoms with Crippen molar-refractivity contribution in [2.24, 2.45) is 5.73 Å². The summed E-state index contributed by atoms with van der Waals surface area (Å²) in [6, 6.07) is 13.8. The summed E-state index contributed by atoms with van der Waals surface area (Å²) in [4.78, 5) is 11.3. The van der Waals surface area contributed by atoms with Crippen molar-refractivity contribution in [1.82, 2.24) is 5.32 Å². The van der Waals surface area contributed by atoms with E-state index in [4.69, 9.17) is 15.0 Å². The molecule has 0 unspecified atom stereocenters. The van der Waals surface area contributed by atoms with E-state index in [1.54, 1.807) is 19.9 Å². The van der Waals surface area contributed by atoms with E-state index in [1.165, 1.54) is 12.1 Å². The second-order valence-corrected chi connectivity index (χ2v) is 8.10. The van der Waals surface area contributed by atoms with Gasteiger partial charge in [0.15, 0.2) is 0 Å². The van der Waals surface area contributed by atoms with Crippen LogP contribution in [0.4, 0.5) is 4.39 Å². The third-order valence-corrected chi connectivity index (χ3v) is 3.57. The highest BCUT2D eigenvalue weighted by atomic mass is 32.2. The van der Waals surface area contributed by atoms with Crippen molar-refractivity contribution < 1.29 is 26.9 Å². The second-order valence-electron chi connectivity index (χ2n) is 6.64. The van der Waals surface area contributed by atoms with Crippen LogP contribution in [-0.4, -0.2) is 30.7 Å². The molecule has 0 atom stereocenters. The number of nitrogens with two attached hydrogens (primary N) is 1. The molecule has 0 bridgehead atoms. The lowest BCUT2D eigenvalue weighted by Crippen LogP contribution is -2.50. The quantitative estimate of drug-likeness (QED) is 0.600. The number of rotatable bonds is 7. The average molecular weight is 412 g/mol. The first-order valence-corrected chi connectivity index (χ1v) is 10.2. The molecular weight excluding hydrogens is 387 g/mol. The molecule has 0 saturated heterocycles. The van der Waals surface area contributed by atoms with Gasteiger partial charge in [0.1, 0.15) is 18.2 Å². The first kappa shape index (κ1) is 23.5. The Balaban J connectivity index is 0.000000696. The Bertz CT molecular complexity index is 875. The van der Waals surface area contributed by atoms with Crippen LogP contribution < -0.4 is 15.8 Å². The minimum absolute atomic E-state index is 0.274. The molecule has 7 nitrogen and oxygen atoms in total. The van der Waals surface area contributed by atoms with Gasteiger partial charge in [-0.1, -0.05) is 24.3 Å². The number of primary amides is 1. The molecule has 0 radical (unpaired) electrons. The van der Waals surface area contributed by atoms with Gasteiger partial charge in [0.05, 0.1) is 11.8 Å². The van der Waals surface area contributed by atoms with Crippen LogP contribution >= 0.6 is 0 Å². The lowest BCUT2D eigenvalue weighted by Gasteiger charge is -2.22. The Kier molecular flexibility index (Phi) is 8.55. The summed E-state index contributed by atoms with van der Waals surface area (Å²) in [5, 5.41) is 3.10. The number of nitrogens with one attached hydrogen (secondary N) is 1. The average Bonchev–Trinajstić information content (AvgIpc) is 2.58. The molecule has 9 heteroatoms. The molecule has 0 aromatic heterocycles. The maximum absolute atomic E-state index is 13.1. The van der Waals surface area contributed by atoms with E-state index < -0.39 is 21.6 Å². The predicted octanol–water partition coefficient (Wildman–Crippen LogP) is 2.26. The fourth-order valence-corrected chi connectivity index (χ4v) is 1.91. The van der Waals surface area contributed by atoms with E-state index in [2.05, 4.69) is 5.32 Å². The first-order valence-electron chi connectivity index (χ1n) is 8.30. The largest absolute Gasteiger partial charge is 0.489 e. The van der Waals surface area contributed by atoms with E-state index in [9.17, 15) is 17.6 Å². The van der Waals surface area contributed by atoms with Crippen molar-refractivity contribution in [3.05, 3.63) is 65.5 Å². The lowest BCUT2D eigenvalue weighted by molar-refractivity contribution is -0.123. The summed E-state index contributed by atoms with van der Waals surface area (Å²) in [6.07, 6.45) is 0.715. The van der Waals surface area contributed by atoms with Gasteiger partial charge >= 0.3 is 0 Å². The van der Waals surface area contributed by atoms with Crippen molar-refractivity contribution in [3.63, 3.8) is 0 Å². The Labute approximate surface area is 164 Å². The SMILES string of the molecule is CC(C)(NCc1ccc(OCc2cccc(F)c2)cc1)C(N)=O.CS(=O)(=O)O. The van der Waals surface area contributed by atoms with Gasteiger partial charge in [-0.05, 0) is 49.2 Å². The van der Waals surface area contributed by atoms with Gasteiger partial charge in [-0.3, -0.25) is 14.7 Å². The molecule has 0 aliphatic rings. The van der Waals surface area contributed by atoms with E-state index in [1.807, 2.05) is 30.3 Å². The van der Waals surface area contributed by atoms with Gasteiger partial charge < -0.3 is 10.5 Å². The zero-order valence-electron chi connectivity index (χ0n) is 16.0. The third kappa shape index (κ3) is 10.0. The Morgan fingerprint density at radius 3 is 2.25 bits per heavy atom. The van der Waals surface area contributed by atoms with Gasteiger partial charge in [-0.15, -0.1) is 0 Å². The standard InChI is InChI=1S/C18H21FN2O2.CH4O3S/c1-18(2,17(20)22)21-11-13-6-8-16(9-7-13)23-12-14-4-3-5-15(19)10-14;1-5(2,3)4/h3-10,21H,11-12H2,1-2H3,(H2,20,22);1H3,(H,2,3,4). The van der Waals surface area contributed by atoms with E-state index in [-0.39, 0.29) is 5.82 Å². The predicted molar refractivity (Wildman–Crippen MR) is 105 cm³/mol. The van der Waals surface area contributed by atoms with Crippen molar-refractivity contribution in [2.75, 3.05) is 6.26 Å². The molecule has 0 aliphatic carbocycles. The molecule has 154 valence electrons. The number of hydrogen-bond acceptors (Lipinski definition) is 5. The van der Waals surface area contributed by atoms with Crippen LogP contribution in [-0.2, 0) is 28.1 Å². The Morgan fingerprint density at radius 2 is 1.75 bits per heavy atom. The second kappa shape index (κ2) is 10.2. The third-order valence-electron chi connectivity index (χ3n) is 3.57. The van der Waals surface area contributed by atoms with E-state index in [0.717, 1.165) is 11.1 Å². The van der Waals surface area contributed by atoms with Gasteiger partial charge in [0.2, 0.25) is 5.91 Å². The van der Waals surface area contributed by atoms with Crippen LogP contribution in [0.1, 0.15) is 25.0 Å². The molecule has 0 fully saturated rings. The van der Waals surface area contributed by atoms with Crippen molar-refractivity contribution in [3.8, 4) is 5.75 Å². The molecule has 2 aromatic carbocycles. The number of ether oxygens (including phenoxy) is 1. The van der Waals surface area contributed by atoms with Crippen molar-refractivity contribution >= 4 is 16.0 Å². The van der Waals surface area contributed by atoms with Crippen LogP contribution in [0, 0.1) is 5.82 Å². The van der Waals surface area contributed by atoms with Crippen LogP contribution in [0.25, 0.3) is 0 Å². The molecule has 2 rings (SSSR count).